The van der Waals surface area contributed by atoms with Crippen LogP contribution >= 0.6 is 0 Å². The van der Waals surface area contributed by atoms with Gasteiger partial charge >= 0.3 is 12.1 Å². The van der Waals surface area contributed by atoms with E-state index in [1.165, 1.54) is 7.11 Å². The average Bonchev–Trinajstić information content (AvgIpc) is 3.16. The van der Waals surface area contributed by atoms with E-state index >= 15 is 0 Å². The Morgan fingerprint density at radius 2 is 2.20 bits per heavy atom. The maximum absolute atomic E-state index is 12.2. The van der Waals surface area contributed by atoms with E-state index in [2.05, 4.69) is 15.7 Å². The Hall–Kier alpha value is -3.03. The normalized spacial score (nSPS) is 17.0. The Morgan fingerprint density at radius 3 is 2.96 bits per heavy atom. The van der Waals surface area contributed by atoms with Gasteiger partial charge < -0.3 is 20.3 Å². The number of nitrogens with zero attached hydrogens (tertiary/aromatic N) is 3. The number of methoxy groups -OCH3 is 1. The molecule has 132 valence electrons. The molecule has 25 heavy (non-hydrogen) atoms. The van der Waals surface area contributed by atoms with Gasteiger partial charge in [0.1, 0.15) is 0 Å². The first-order valence-corrected chi connectivity index (χ1v) is 8.16. The number of hydrogen-bond acceptors (Lipinski definition) is 4. The molecule has 2 N–H and O–H groups in total. The van der Waals surface area contributed by atoms with Crippen molar-refractivity contribution in [2.45, 2.75) is 18.9 Å². The van der Waals surface area contributed by atoms with E-state index in [1.54, 1.807) is 15.8 Å². The van der Waals surface area contributed by atoms with Crippen LogP contribution < -0.4 is 10.6 Å². The monoisotopic (exact) mass is 343 g/mol. The third-order valence-electron chi connectivity index (χ3n) is 4.06. The van der Waals surface area contributed by atoms with E-state index in [0.29, 0.717) is 18.8 Å². The third-order valence-corrected chi connectivity index (χ3v) is 4.06. The molecule has 8 nitrogen and oxygen atoms in total. The van der Waals surface area contributed by atoms with Gasteiger partial charge in [-0.25, -0.2) is 14.3 Å². The molecule has 1 atom stereocenters. The van der Waals surface area contributed by atoms with Gasteiger partial charge in [0.05, 0.1) is 12.8 Å². The second-order valence-corrected chi connectivity index (χ2v) is 5.85. The molecule has 2 heterocycles. The van der Waals surface area contributed by atoms with E-state index in [1.807, 2.05) is 36.5 Å². The Morgan fingerprint density at radius 1 is 1.32 bits per heavy atom. The van der Waals surface area contributed by atoms with Crippen LogP contribution in [0, 0.1) is 0 Å². The van der Waals surface area contributed by atoms with Crippen LogP contribution in [0.3, 0.4) is 0 Å². The molecular formula is C17H21N5O3. The summed E-state index contributed by atoms with van der Waals surface area (Å²) in [5, 5.41) is 9.90. The second-order valence-electron chi connectivity index (χ2n) is 5.85. The summed E-state index contributed by atoms with van der Waals surface area (Å²) in [6.07, 6.45) is 4.83. The lowest BCUT2D eigenvalue weighted by molar-refractivity contribution is 0.108. The maximum atomic E-state index is 12.2. The lowest BCUT2D eigenvalue weighted by atomic mass is 10.1. The van der Waals surface area contributed by atoms with Crippen LogP contribution in [0.1, 0.15) is 12.8 Å². The van der Waals surface area contributed by atoms with Crippen LogP contribution in [0.4, 0.5) is 15.3 Å². The molecule has 1 aromatic carbocycles. The predicted octanol–water partition coefficient (Wildman–Crippen LogP) is 2.22. The quantitative estimate of drug-likeness (QED) is 0.894. The molecule has 0 aliphatic carbocycles. The smallest absolute Gasteiger partial charge is 0.409 e. The number of benzene rings is 1. The van der Waals surface area contributed by atoms with Crippen LogP contribution in [0.25, 0.3) is 5.69 Å². The summed E-state index contributed by atoms with van der Waals surface area (Å²) in [5.41, 5.74) is 1.53. The highest BCUT2D eigenvalue weighted by molar-refractivity contribution is 5.89. The fourth-order valence-corrected chi connectivity index (χ4v) is 2.89. The van der Waals surface area contributed by atoms with Crippen molar-refractivity contribution >= 4 is 17.8 Å². The zero-order valence-corrected chi connectivity index (χ0v) is 14.0. The molecule has 1 aliphatic rings. The van der Waals surface area contributed by atoms with Crippen molar-refractivity contribution in [3.8, 4) is 5.69 Å². The van der Waals surface area contributed by atoms with E-state index < -0.39 is 0 Å². The van der Waals surface area contributed by atoms with Gasteiger partial charge in [-0.2, -0.15) is 5.10 Å². The van der Waals surface area contributed by atoms with Gasteiger partial charge in [-0.15, -0.1) is 0 Å². The molecule has 0 spiro atoms. The Balaban J connectivity index is 1.57. The second kappa shape index (κ2) is 7.69. The molecule has 0 unspecified atom stereocenters. The topological polar surface area (TPSA) is 88.5 Å². The van der Waals surface area contributed by atoms with Crippen molar-refractivity contribution in [2.24, 2.45) is 0 Å². The van der Waals surface area contributed by atoms with Gasteiger partial charge in [0.25, 0.3) is 0 Å². The first-order chi connectivity index (χ1) is 12.2. The van der Waals surface area contributed by atoms with Crippen LogP contribution in [0.5, 0.6) is 0 Å². The Labute approximate surface area is 145 Å². The van der Waals surface area contributed by atoms with Crippen molar-refractivity contribution in [1.82, 2.24) is 20.0 Å². The van der Waals surface area contributed by atoms with Gasteiger partial charge in [-0.1, -0.05) is 6.07 Å². The zero-order valence-electron chi connectivity index (χ0n) is 14.0. The van der Waals surface area contributed by atoms with Crippen molar-refractivity contribution in [1.29, 1.82) is 0 Å². The number of likely N-dealkylation sites (tertiary alicyclic amines) is 1. The third kappa shape index (κ3) is 4.28. The number of amides is 3. The molecule has 0 bridgehead atoms. The highest BCUT2D eigenvalue weighted by Crippen LogP contribution is 2.15. The minimum Gasteiger partial charge on any atom is -0.453 e. The lowest BCUT2D eigenvalue weighted by Gasteiger charge is -2.32. The highest BCUT2D eigenvalue weighted by Gasteiger charge is 2.25. The molecular weight excluding hydrogens is 322 g/mol. The number of rotatable bonds is 3. The summed E-state index contributed by atoms with van der Waals surface area (Å²) in [7, 11) is 1.36. The molecule has 0 saturated carbocycles. The van der Waals surface area contributed by atoms with Crippen molar-refractivity contribution in [3.05, 3.63) is 42.7 Å². The van der Waals surface area contributed by atoms with Crippen LogP contribution in [0.2, 0.25) is 0 Å². The van der Waals surface area contributed by atoms with E-state index in [4.69, 9.17) is 4.74 Å². The molecule has 1 fully saturated rings. The number of ether oxygens (including phenoxy) is 1. The number of piperidine rings is 1. The van der Waals surface area contributed by atoms with E-state index in [0.717, 1.165) is 18.5 Å². The highest BCUT2D eigenvalue weighted by atomic mass is 16.5. The zero-order chi connectivity index (χ0) is 17.6. The van der Waals surface area contributed by atoms with E-state index in [-0.39, 0.29) is 18.2 Å². The summed E-state index contributed by atoms with van der Waals surface area (Å²) >= 11 is 0. The van der Waals surface area contributed by atoms with Crippen LogP contribution in [-0.2, 0) is 4.74 Å². The van der Waals surface area contributed by atoms with Crippen LogP contribution in [0.15, 0.2) is 42.7 Å². The molecule has 1 saturated heterocycles. The molecule has 3 rings (SSSR count). The number of aromatic nitrogens is 2. The molecule has 1 aliphatic heterocycles. The Bertz CT molecular complexity index is 732. The molecule has 0 radical (unpaired) electrons. The molecule has 8 heteroatoms. The summed E-state index contributed by atoms with van der Waals surface area (Å²) in [6, 6.07) is 8.86. The fourth-order valence-electron chi connectivity index (χ4n) is 2.89. The van der Waals surface area contributed by atoms with Gasteiger partial charge in [-0.3, -0.25) is 0 Å². The SMILES string of the molecule is COC(=O)N1CCC[C@@H](NC(=O)Nc2cccc(-n3cccn3)c2)C1. The number of carbonyl (C=O) groups excluding carboxylic acids is 2. The van der Waals surface area contributed by atoms with Gasteiger partial charge in [0, 0.05) is 37.2 Å². The van der Waals surface area contributed by atoms with Crippen molar-refractivity contribution in [3.63, 3.8) is 0 Å². The number of urea groups is 1. The minimum atomic E-state index is -0.362. The van der Waals surface area contributed by atoms with Gasteiger partial charge in [-0.05, 0) is 37.1 Å². The fraction of sp³-hybridized carbons (Fsp3) is 0.353. The first kappa shape index (κ1) is 16.8. The van der Waals surface area contributed by atoms with Gasteiger partial charge in [0.2, 0.25) is 0 Å². The molecule has 2 aromatic rings. The number of carbonyl (C=O) groups is 2. The number of anilines is 1. The van der Waals surface area contributed by atoms with E-state index in [9.17, 15) is 9.59 Å². The maximum Gasteiger partial charge on any atom is 0.409 e. The standard InChI is InChI=1S/C17H21N5O3/c1-25-17(24)21-9-3-6-14(12-21)20-16(23)19-13-5-2-7-15(11-13)22-10-4-8-18-22/h2,4-5,7-8,10-11,14H,3,6,9,12H2,1H3,(H2,19,20,23)/t14-/m1/s1. The lowest BCUT2D eigenvalue weighted by Crippen LogP contribution is -2.50. The summed E-state index contributed by atoms with van der Waals surface area (Å²) in [4.78, 5) is 25.5. The Kier molecular flexibility index (Phi) is 5.17. The number of nitrogens with one attached hydrogen (secondary N) is 2. The van der Waals surface area contributed by atoms with Crippen molar-refractivity contribution < 1.29 is 14.3 Å². The van der Waals surface area contributed by atoms with Gasteiger partial charge in [0.15, 0.2) is 0 Å². The molecule has 1 aromatic heterocycles. The summed E-state index contributed by atoms with van der Waals surface area (Å²) in [6.45, 7) is 1.10. The summed E-state index contributed by atoms with van der Waals surface area (Å²) in [5.74, 6) is 0. The average molecular weight is 343 g/mol. The first-order valence-electron chi connectivity index (χ1n) is 8.16. The predicted molar refractivity (Wildman–Crippen MR) is 92.7 cm³/mol. The van der Waals surface area contributed by atoms with Crippen molar-refractivity contribution in [2.75, 3.05) is 25.5 Å². The number of hydrogen-bond donors (Lipinski definition) is 2. The van der Waals surface area contributed by atoms with Crippen LogP contribution in [-0.4, -0.2) is 53.0 Å². The summed E-state index contributed by atoms with van der Waals surface area (Å²) < 4.78 is 6.46. The molecule has 3 amide bonds. The minimum absolute atomic E-state index is 0.0952. The largest absolute Gasteiger partial charge is 0.453 e.